The Morgan fingerprint density at radius 1 is 0.941 bits per heavy atom. The number of ether oxygens (including phenoxy) is 4. The second-order valence-corrected chi connectivity index (χ2v) is 4.31. The van der Waals surface area contributed by atoms with Crippen LogP contribution in [0.25, 0.3) is 0 Å². The molecule has 102 valence electrons. The first-order valence-corrected chi connectivity index (χ1v) is 5.82. The predicted octanol–water partition coefficient (Wildman–Crippen LogP) is -0.476. The van der Waals surface area contributed by atoms with Crippen LogP contribution in [-0.4, -0.2) is 67.8 Å². The van der Waals surface area contributed by atoms with E-state index in [1.54, 1.807) is 0 Å². The van der Waals surface area contributed by atoms with Crippen LogP contribution in [-0.2, 0) is 18.9 Å². The van der Waals surface area contributed by atoms with Crippen molar-refractivity contribution in [3.63, 3.8) is 0 Å². The van der Waals surface area contributed by atoms with Gasteiger partial charge in [0.05, 0.1) is 39.6 Å². The molecule has 0 radical (unpaired) electrons. The number of hydrogen-bond acceptors (Lipinski definition) is 6. The maximum Gasteiger partial charge on any atom is 0.163 e. The first kappa shape index (κ1) is 14.8. The summed E-state index contributed by atoms with van der Waals surface area (Å²) in [5.41, 5.74) is 0. The Labute approximate surface area is 101 Å². The molecule has 0 saturated carbocycles. The lowest BCUT2D eigenvalue weighted by Crippen LogP contribution is -2.32. The molecule has 2 unspecified atom stereocenters. The minimum absolute atomic E-state index is 0.0113. The molecule has 0 spiro atoms. The van der Waals surface area contributed by atoms with Gasteiger partial charge in [-0.2, -0.15) is 0 Å². The van der Waals surface area contributed by atoms with Crippen LogP contribution in [0.5, 0.6) is 0 Å². The molecule has 1 heterocycles. The minimum atomic E-state index is -0.652. The molecule has 0 aliphatic carbocycles. The van der Waals surface area contributed by atoms with Crippen molar-refractivity contribution in [1.29, 1.82) is 0 Å². The van der Waals surface area contributed by atoms with Crippen molar-refractivity contribution in [3.8, 4) is 0 Å². The normalized spacial score (nSPS) is 27.5. The molecule has 6 nitrogen and oxygen atoms in total. The Kier molecular flexibility index (Phi) is 6.32. The quantitative estimate of drug-likeness (QED) is 0.567. The highest BCUT2D eigenvalue weighted by Gasteiger charge is 2.41. The van der Waals surface area contributed by atoms with Crippen LogP contribution in [0.4, 0.5) is 0 Å². The molecule has 1 saturated heterocycles. The summed E-state index contributed by atoms with van der Waals surface area (Å²) in [6, 6.07) is 0. The van der Waals surface area contributed by atoms with E-state index in [1.807, 2.05) is 13.8 Å². The van der Waals surface area contributed by atoms with E-state index in [4.69, 9.17) is 29.2 Å². The predicted molar refractivity (Wildman–Crippen MR) is 59.6 cm³/mol. The Hall–Kier alpha value is -0.240. The van der Waals surface area contributed by atoms with Gasteiger partial charge >= 0.3 is 0 Å². The van der Waals surface area contributed by atoms with Crippen LogP contribution < -0.4 is 0 Å². The molecule has 2 N–H and O–H groups in total. The van der Waals surface area contributed by atoms with Gasteiger partial charge < -0.3 is 29.2 Å². The third-order valence-electron chi connectivity index (χ3n) is 2.32. The molecule has 1 rings (SSSR count). The molecular weight excluding hydrogens is 228 g/mol. The van der Waals surface area contributed by atoms with Crippen molar-refractivity contribution in [1.82, 2.24) is 0 Å². The van der Waals surface area contributed by atoms with Gasteiger partial charge in [-0.15, -0.1) is 0 Å². The molecule has 6 heteroatoms. The van der Waals surface area contributed by atoms with Crippen molar-refractivity contribution < 1.29 is 29.2 Å². The summed E-state index contributed by atoms with van der Waals surface area (Å²) in [4.78, 5) is 0. The van der Waals surface area contributed by atoms with E-state index < -0.39 is 5.79 Å². The van der Waals surface area contributed by atoms with E-state index in [-0.39, 0.29) is 38.6 Å². The number of aliphatic hydroxyl groups is 2. The second kappa shape index (κ2) is 7.25. The Morgan fingerprint density at radius 2 is 1.35 bits per heavy atom. The lowest BCUT2D eigenvalue weighted by Gasteiger charge is -2.16. The van der Waals surface area contributed by atoms with Gasteiger partial charge in [-0.1, -0.05) is 0 Å². The molecule has 0 aromatic carbocycles. The molecule has 0 aromatic heterocycles. The van der Waals surface area contributed by atoms with Crippen molar-refractivity contribution >= 4 is 0 Å². The molecule has 1 aliphatic rings. The number of hydrogen-bond donors (Lipinski definition) is 2. The molecule has 1 fully saturated rings. The summed E-state index contributed by atoms with van der Waals surface area (Å²) in [7, 11) is 0. The fraction of sp³-hybridized carbons (Fsp3) is 1.00. The average Bonchev–Trinajstić information content (AvgIpc) is 2.54. The summed E-state index contributed by atoms with van der Waals surface area (Å²) in [6.07, 6.45) is -0.425. The first-order valence-electron chi connectivity index (χ1n) is 5.82. The van der Waals surface area contributed by atoms with Gasteiger partial charge in [0.15, 0.2) is 5.79 Å². The average molecular weight is 250 g/mol. The van der Waals surface area contributed by atoms with Crippen LogP contribution in [0, 0.1) is 0 Å². The molecule has 17 heavy (non-hydrogen) atoms. The Morgan fingerprint density at radius 3 is 1.71 bits per heavy atom. The highest BCUT2D eigenvalue weighted by Crippen LogP contribution is 2.28. The van der Waals surface area contributed by atoms with Crippen LogP contribution in [0.2, 0.25) is 0 Å². The highest BCUT2D eigenvalue weighted by molar-refractivity contribution is 4.81. The van der Waals surface area contributed by atoms with Gasteiger partial charge in [-0.3, -0.25) is 0 Å². The lowest BCUT2D eigenvalue weighted by molar-refractivity contribution is -0.154. The molecular formula is C11H22O6. The van der Waals surface area contributed by atoms with Crippen LogP contribution in [0.3, 0.4) is 0 Å². The lowest BCUT2D eigenvalue weighted by atomic mass is 10.2. The third-order valence-corrected chi connectivity index (χ3v) is 2.32. The summed E-state index contributed by atoms with van der Waals surface area (Å²) in [5, 5.41) is 17.3. The van der Waals surface area contributed by atoms with Gasteiger partial charge in [0.25, 0.3) is 0 Å². The summed E-state index contributed by atoms with van der Waals surface area (Å²) >= 11 is 0. The van der Waals surface area contributed by atoms with E-state index in [2.05, 4.69) is 0 Å². The molecule has 0 bridgehead atoms. The van der Waals surface area contributed by atoms with Gasteiger partial charge in [-0.05, 0) is 13.8 Å². The molecule has 0 amide bonds. The van der Waals surface area contributed by atoms with Gasteiger partial charge in [0.2, 0.25) is 0 Å². The maximum atomic E-state index is 8.63. The zero-order valence-corrected chi connectivity index (χ0v) is 10.4. The first-order chi connectivity index (χ1) is 8.09. The van der Waals surface area contributed by atoms with Crippen molar-refractivity contribution in [2.24, 2.45) is 0 Å². The summed E-state index contributed by atoms with van der Waals surface area (Å²) in [5.74, 6) is -0.652. The largest absolute Gasteiger partial charge is 0.394 e. The molecule has 0 aromatic rings. The zero-order chi connectivity index (χ0) is 12.7. The van der Waals surface area contributed by atoms with Crippen LogP contribution >= 0.6 is 0 Å². The van der Waals surface area contributed by atoms with Crippen molar-refractivity contribution in [3.05, 3.63) is 0 Å². The van der Waals surface area contributed by atoms with Crippen LogP contribution in [0.1, 0.15) is 13.8 Å². The van der Waals surface area contributed by atoms with E-state index in [1.165, 1.54) is 0 Å². The van der Waals surface area contributed by atoms with E-state index in [0.29, 0.717) is 13.2 Å². The third kappa shape index (κ3) is 5.29. The summed E-state index contributed by atoms with van der Waals surface area (Å²) in [6.45, 7) is 4.92. The van der Waals surface area contributed by atoms with E-state index in [9.17, 15) is 0 Å². The monoisotopic (exact) mass is 250 g/mol. The topological polar surface area (TPSA) is 77.4 Å². The van der Waals surface area contributed by atoms with Crippen molar-refractivity contribution in [2.45, 2.75) is 31.8 Å². The standard InChI is InChI=1S/C11H22O6/c1-11(2)16-9(7-14-5-3-12)10(17-11)8-15-6-4-13/h9-10,12-13H,3-8H2,1-2H3. The zero-order valence-electron chi connectivity index (χ0n) is 10.4. The fourth-order valence-electron chi connectivity index (χ4n) is 1.72. The fourth-order valence-corrected chi connectivity index (χ4v) is 1.72. The van der Waals surface area contributed by atoms with Crippen molar-refractivity contribution in [2.75, 3.05) is 39.6 Å². The SMILES string of the molecule is CC1(C)OC(COCCO)C(COCCO)O1. The Balaban J connectivity index is 2.35. The number of rotatable bonds is 8. The van der Waals surface area contributed by atoms with E-state index >= 15 is 0 Å². The summed E-state index contributed by atoms with van der Waals surface area (Å²) < 4.78 is 21.8. The minimum Gasteiger partial charge on any atom is -0.394 e. The second-order valence-electron chi connectivity index (χ2n) is 4.31. The maximum absolute atomic E-state index is 8.63. The number of aliphatic hydroxyl groups excluding tert-OH is 2. The van der Waals surface area contributed by atoms with Gasteiger partial charge in [-0.25, -0.2) is 0 Å². The molecule has 2 atom stereocenters. The Bertz CT molecular complexity index is 188. The molecule has 1 aliphatic heterocycles. The van der Waals surface area contributed by atoms with E-state index in [0.717, 1.165) is 0 Å². The van der Waals surface area contributed by atoms with Gasteiger partial charge in [0.1, 0.15) is 12.2 Å². The highest BCUT2D eigenvalue weighted by atomic mass is 16.8. The smallest absolute Gasteiger partial charge is 0.163 e. The van der Waals surface area contributed by atoms with Gasteiger partial charge in [0, 0.05) is 0 Å². The van der Waals surface area contributed by atoms with Crippen LogP contribution in [0.15, 0.2) is 0 Å².